The van der Waals surface area contributed by atoms with Crippen molar-refractivity contribution in [1.82, 2.24) is 15.0 Å². The van der Waals surface area contributed by atoms with Gasteiger partial charge < -0.3 is 5.73 Å². The maximum absolute atomic E-state index is 5.77. The molecule has 3 rings (SSSR count). The monoisotopic (exact) mass is 254 g/mol. The second-order valence-corrected chi connectivity index (χ2v) is 5.03. The first-order chi connectivity index (χ1) is 9.26. The largest absolute Gasteiger partial charge is 0.368 e. The molecular weight excluding hydrogens is 236 g/mol. The van der Waals surface area contributed by atoms with Crippen LogP contribution in [-0.2, 0) is 19.3 Å². The molecule has 1 unspecified atom stereocenters. The molecule has 1 atom stereocenters. The minimum Gasteiger partial charge on any atom is -0.368 e. The highest BCUT2D eigenvalue weighted by Crippen LogP contribution is 2.30. The molecule has 1 heterocycles. The smallest absolute Gasteiger partial charge is 0.223 e. The second kappa shape index (κ2) is 4.96. The van der Waals surface area contributed by atoms with Crippen molar-refractivity contribution in [3.63, 3.8) is 0 Å². The molecule has 0 bridgehead atoms. The second-order valence-electron chi connectivity index (χ2n) is 5.03. The van der Waals surface area contributed by atoms with Crippen LogP contribution in [0, 0.1) is 0 Å². The highest BCUT2D eigenvalue weighted by molar-refractivity contribution is 5.32. The van der Waals surface area contributed by atoms with E-state index in [-0.39, 0.29) is 0 Å². The fourth-order valence-corrected chi connectivity index (χ4v) is 2.72. The lowest BCUT2D eigenvalue weighted by Crippen LogP contribution is -2.17. The molecule has 1 aromatic heterocycles. The zero-order valence-electron chi connectivity index (χ0n) is 11.1. The van der Waals surface area contributed by atoms with Crippen molar-refractivity contribution in [3.8, 4) is 0 Å². The van der Waals surface area contributed by atoms with Gasteiger partial charge in [0.1, 0.15) is 11.6 Å². The van der Waals surface area contributed by atoms with Crippen molar-refractivity contribution in [2.24, 2.45) is 0 Å². The van der Waals surface area contributed by atoms with E-state index in [0.29, 0.717) is 11.9 Å². The Balaban J connectivity index is 1.90. The van der Waals surface area contributed by atoms with Gasteiger partial charge >= 0.3 is 0 Å². The van der Waals surface area contributed by atoms with Gasteiger partial charge in [-0.2, -0.15) is 9.97 Å². The van der Waals surface area contributed by atoms with Crippen molar-refractivity contribution in [2.75, 3.05) is 5.73 Å². The molecule has 0 spiro atoms. The molecule has 19 heavy (non-hydrogen) atoms. The molecular formula is C15H18N4. The van der Waals surface area contributed by atoms with Gasteiger partial charge in [-0.25, -0.2) is 4.98 Å². The van der Waals surface area contributed by atoms with E-state index in [1.807, 2.05) is 6.92 Å². The Morgan fingerprint density at radius 3 is 2.74 bits per heavy atom. The van der Waals surface area contributed by atoms with Crippen LogP contribution in [0.4, 0.5) is 5.95 Å². The maximum atomic E-state index is 5.77. The van der Waals surface area contributed by atoms with Gasteiger partial charge in [0.25, 0.3) is 0 Å². The summed E-state index contributed by atoms with van der Waals surface area (Å²) >= 11 is 0. The van der Waals surface area contributed by atoms with Crippen LogP contribution in [0.15, 0.2) is 24.3 Å². The average molecular weight is 254 g/mol. The minimum atomic E-state index is 0.348. The zero-order chi connectivity index (χ0) is 13.2. The van der Waals surface area contributed by atoms with Gasteiger partial charge in [0.2, 0.25) is 5.95 Å². The fraction of sp³-hybridized carbons (Fsp3) is 0.400. The number of nitrogens with two attached hydrogens (primary N) is 1. The molecule has 0 radical (unpaired) electrons. The van der Waals surface area contributed by atoms with Gasteiger partial charge in [0.05, 0.1) is 0 Å². The van der Waals surface area contributed by atoms with Gasteiger partial charge in [-0.05, 0) is 30.4 Å². The third-order valence-corrected chi connectivity index (χ3v) is 3.74. The van der Waals surface area contributed by atoms with Gasteiger partial charge in [0, 0.05) is 12.3 Å². The van der Waals surface area contributed by atoms with E-state index < -0.39 is 0 Å². The van der Waals surface area contributed by atoms with Crippen LogP contribution >= 0.6 is 0 Å². The van der Waals surface area contributed by atoms with E-state index in [4.69, 9.17) is 5.73 Å². The van der Waals surface area contributed by atoms with Crippen LogP contribution in [0.3, 0.4) is 0 Å². The topological polar surface area (TPSA) is 64.7 Å². The molecule has 1 aliphatic rings. The van der Waals surface area contributed by atoms with Crippen LogP contribution in [0.2, 0.25) is 0 Å². The molecule has 1 aliphatic carbocycles. The van der Waals surface area contributed by atoms with E-state index >= 15 is 0 Å². The lowest BCUT2D eigenvalue weighted by atomic mass is 9.83. The zero-order valence-corrected chi connectivity index (χ0v) is 11.1. The summed E-state index contributed by atoms with van der Waals surface area (Å²) < 4.78 is 0. The predicted octanol–water partition coefficient (Wildman–Crippen LogP) is 2.29. The van der Waals surface area contributed by atoms with Crippen molar-refractivity contribution in [3.05, 3.63) is 47.0 Å². The Bertz CT molecular complexity index is 594. The highest BCUT2D eigenvalue weighted by atomic mass is 15.1. The minimum absolute atomic E-state index is 0.348. The number of anilines is 1. The molecule has 98 valence electrons. The summed E-state index contributed by atoms with van der Waals surface area (Å²) in [6.07, 6.45) is 3.98. The first-order valence-electron chi connectivity index (χ1n) is 6.83. The number of benzene rings is 1. The number of hydrogen-bond acceptors (Lipinski definition) is 4. The summed E-state index contributed by atoms with van der Waals surface area (Å²) in [5.41, 5.74) is 8.64. The van der Waals surface area contributed by atoms with Gasteiger partial charge in [-0.1, -0.05) is 31.2 Å². The quantitative estimate of drug-likeness (QED) is 0.893. The molecule has 0 fully saturated rings. The predicted molar refractivity (Wildman–Crippen MR) is 74.8 cm³/mol. The molecule has 0 saturated heterocycles. The van der Waals surface area contributed by atoms with Crippen LogP contribution in [-0.4, -0.2) is 15.0 Å². The van der Waals surface area contributed by atoms with Crippen molar-refractivity contribution < 1.29 is 0 Å². The average Bonchev–Trinajstić information content (AvgIpc) is 2.46. The standard InChI is InChI=1S/C15H18N4/c1-2-13-17-14(19-15(16)18-13)12-8-7-10-5-3-4-6-11(10)9-12/h3-6,12H,2,7-9H2,1H3,(H2,16,17,18,19). The lowest BCUT2D eigenvalue weighted by molar-refractivity contribution is 0.549. The van der Waals surface area contributed by atoms with Crippen LogP contribution < -0.4 is 5.73 Å². The number of aromatic nitrogens is 3. The molecule has 0 aliphatic heterocycles. The van der Waals surface area contributed by atoms with E-state index in [1.54, 1.807) is 0 Å². The Morgan fingerprint density at radius 1 is 1.16 bits per heavy atom. The van der Waals surface area contributed by atoms with Gasteiger partial charge in [0.15, 0.2) is 0 Å². The number of hydrogen-bond donors (Lipinski definition) is 1. The molecule has 4 heteroatoms. The summed E-state index contributed by atoms with van der Waals surface area (Å²) in [6, 6.07) is 8.62. The molecule has 0 amide bonds. The summed E-state index contributed by atoms with van der Waals surface area (Å²) in [5.74, 6) is 2.37. The van der Waals surface area contributed by atoms with Crippen LogP contribution in [0.1, 0.15) is 42.0 Å². The Hall–Kier alpha value is -1.97. The van der Waals surface area contributed by atoms with Crippen molar-refractivity contribution in [1.29, 1.82) is 0 Å². The van der Waals surface area contributed by atoms with Gasteiger partial charge in [-0.15, -0.1) is 0 Å². The molecule has 2 aromatic rings. The molecule has 2 N–H and O–H groups in total. The summed E-state index contributed by atoms with van der Waals surface area (Å²) in [4.78, 5) is 13.0. The highest BCUT2D eigenvalue weighted by Gasteiger charge is 2.22. The van der Waals surface area contributed by atoms with Crippen molar-refractivity contribution in [2.45, 2.75) is 38.5 Å². The lowest BCUT2D eigenvalue weighted by Gasteiger charge is -2.23. The van der Waals surface area contributed by atoms with Crippen LogP contribution in [0.5, 0.6) is 0 Å². The van der Waals surface area contributed by atoms with Gasteiger partial charge in [-0.3, -0.25) is 0 Å². The number of nitrogen functional groups attached to an aromatic ring is 1. The Morgan fingerprint density at radius 2 is 1.95 bits per heavy atom. The van der Waals surface area contributed by atoms with Crippen molar-refractivity contribution >= 4 is 5.95 Å². The third-order valence-electron chi connectivity index (χ3n) is 3.74. The first-order valence-corrected chi connectivity index (χ1v) is 6.83. The molecule has 4 nitrogen and oxygen atoms in total. The Labute approximate surface area is 113 Å². The van der Waals surface area contributed by atoms with E-state index in [0.717, 1.165) is 37.3 Å². The van der Waals surface area contributed by atoms with E-state index in [1.165, 1.54) is 11.1 Å². The Kier molecular flexibility index (Phi) is 3.15. The summed E-state index contributed by atoms with van der Waals surface area (Å²) in [6.45, 7) is 2.04. The SMILES string of the molecule is CCc1nc(N)nc(C2CCc3ccccc3C2)n1. The molecule has 0 saturated carbocycles. The van der Waals surface area contributed by atoms with E-state index in [2.05, 4.69) is 39.2 Å². The maximum Gasteiger partial charge on any atom is 0.223 e. The number of aryl methyl sites for hydroxylation is 2. The first kappa shape index (κ1) is 12.1. The fourth-order valence-electron chi connectivity index (χ4n) is 2.72. The number of rotatable bonds is 2. The number of nitrogens with zero attached hydrogens (tertiary/aromatic N) is 3. The summed E-state index contributed by atoms with van der Waals surface area (Å²) in [5, 5.41) is 0. The third kappa shape index (κ3) is 2.43. The normalized spacial score (nSPS) is 18.1. The van der Waals surface area contributed by atoms with Crippen LogP contribution in [0.25, 0.3) is 0 Å². The molecule has 1 aromatic carbocycles. The van der Waals surface area contributed by atoms with E-state index in [9.17, 15) is 0 Å². The number of fused-ring (bicyclic) bond motifs is 1. The summed E-state index contributed by atoms with van der Waals surface area (Å²) in [7, 11) is 0.